The highest BCUT2D eigenvalue weighted by molar-refractivity contribution is 6.05. The number of carbonyl (C=O) groups is 1. The number of benzene rings is 4. The largest absolute Gasteiger partial charge is 0.462 e. The highest BCUT2D eigenvalue weighted by atomic mass is 16.7. The van der Waals surface area contributed by atoms with E-state index in [0.717, 1.165) is 38.1 Å². The zero-order valence-electron chi connectivity index (χ0n) is 33.9. The second-order valence-electron chi connectivity index (χ2n) is 13.8. The number of hydrogen-bond donors (Lipinski definition) is 2. The first-order chi connectivity index (χ1) is 29.8. The average molecular weight is 817 g/mol. The number of hydrogen-bond acceptors (Lipinski definition) is 12. The molecule has 0 fully saturated rings. The Bertz CT molecular complexity index is 2860. The molecule has 2 N–H and O–H groups in total. The Hall–Kier alpha value is -7.87. The highest BCUT2D eigenvalue weighted by Gasteiger charge is 2.26. The molecule has 0 bridgehead atoms. The number of nitrogens with zero attached hydrogens (tertiary/aromatic N) is 6. The number of carbonyl (C=O) groups excluding carboxylic acids is 1. The maximum Gasteiger partial charge on any atom is 0.346 e. The van der Waals surface area contributed by atoms with Crippen LogP contribution in [0.15, 0.2) is 150 Å². The van der Waals surface area contributed by atoms with Crippen LogP contribution in [-0.2, 0) is 31.0 Å². The van der Waals surface area contributed by atoms with Crippen LogP contribution in [0.5, 0.6) is 0 Å². The lowest BCUT2D eigenvalue weighted by Gasteiger charge is -2.18. The minimum absolute atomic E-state index is 0.123. The van der Waals surface area contributed by atoms with Gasteiger partial charge in [-0.25, -0.2) is 24.7 Å². The van der Waals surface area contributed by atoms with Crippen LogP contribution in [0.3, 0.4) is 0 Å². The Morgan fingerprint density at radius 3 is 1.57 bits per heavy atom. The lowest BCUT2D eigenvalue weighted by molar-refractivity contribution is 0.0513. The molecule has 308 valence electrons. The fourth-order valence-corrected chi connectivity index (χ4v) is 6.59. The molecule has 8 rings (SSSR count). The fourth-order valence-electron chi connectivity index (χ4n) is 6.59. The van der Waals surface area contributed by atoms with E-state index in [9.17, 15) is 14.4 Å². The van der Waals surface area contributed by atoms with Crippen LogP contribution in [0.4, 0.5) is 11.4 Å². The summed E-state index contributed by atoms with van der Waals surface area (Å²) >= 11 is 0. The Labute approximate surface area is 351 Å². The van der Waals surface area contributed by atoms with Gasteiger partial charge in [0.2, 0.25) is 0 Å². The predicted octanol–water partition coefficient (Wildman–Crippen LogP) is 6.86. The lowest BCUT2D eigenvalue weighted by Crippen LogP contribution is -2.34. The van der Waals surface area contributed by atoms with Crippen LogP contribution in [0, 0.1) is 13.8 Å². The molecule has 61 heavy (non-hydrogen) atoms. The Kier molecular flexibility index (Phi) is 13.4. The van der Waals surface area contributed by atoms with Crippen molar-refractivity contribution in [3.8, 4) is 0 Å². The van der Waals surface area contributed by atoms with Gasteiger partial charge in [-0.3, -0.25) is 9.59 Å². The van der Waals surface area contributed by atoms with E-state index in [-0.39, 0.29) is 36.6 Å². The van der Waals surface area contributed by atoms with Gasteiger partial charge in [-0.2, -0.15) is 0 Å². The molecule has 0 aliphatic rings. The molecule has 0 aliphatic heterocycles. The molecule has 0 saturated carbocycles. The third-order valence-electron chi connectivity index (χ3n) is 9.58. The van der Waals surface area contributed by atoms with Gasteiger partial charge in [-0.05, 0) is 43.0 Å². The monoisotopic (exact) mass is 816 g/mol. The van der Waals surface area contributed by atoms with Crippen LogP contribution in [0.1, 0.15) is 50.9 Å². The molecule has 4 aromatic carbocycles. The minimum atomic E-state index is -0.736. The highest BCUT2D eigenvalue weighted by Crippen LogP contribution is 2.28. The number of aryl methyl sites for hydroxylation is 2. The van der Waals surface area contributed by atoms with E-state index in [1.54, 1.807) is 13.8 Å². The van der Waals surface area contributed by atoms with E-state index < -0.39 is 11.5 Å². The number of aromatic nitrogens is 6. The molecule has 0 aliphatic carbocycles. The standard InChI is InChI=1S/C25H24N4O4.C22H20N4O2/c1-3-32-25(31)21-22(26-14-18-10-6-4-7-11-18)20-17(2)27-16-28-23(20)29(24(21)30)33-15-19-12-8-5-9-13-19;1-16-21-19(23-13-17-8-4-2-5-9-17)12-20(27)26(22(21)25-15-24-16)28-14-18-10-6-3-7-11-18/h4-13,16,26H,3,14-15H2,1-2H3;2-12,15,23H,13-14H2,1H3. The van der Waals surface area contributed by atoms with Crippen LogP contribution in [0.2, 0.25) is 0 Å². The van der Waals surface area contributed by atoms with E-state index in [4.69, 9.17) is 14.4 Å². The zero-order chi connectivity index (χ0) is 42.6. The number of fused-ring (bicyclic) bond motifs is 2. The molecule has 0 unspecified atom stereocenters. The summed E-state index contributed by atoms with van der Waals surface area (Å²) in [5.41, 5.74) is 5.99. The first-order valence-corrected chi connectivity index (χ1v) is 19.7. The van der Waals surface area contributed by atoms with Crippen LogP contribution in [-0.4, -0.2) is 42.0 Å². The van der Waals surface area contributed by atoms with Gasteiger partial charge in [0, 0.05) is 19.2 Å². The molecule has 0 radical (unpaired) electrons. The van der Waals surface area contributed by atoms with Gasteiger partial charge in [0.1, 0.15) is 25.9 Å². The summed E-state index contributed by atoms with van der Waals surface area (Å²) in [5.74, 6) is -0.736. The molecular formula is C47H44N8O6. The third kappa shape index (κ3) is 9.88. The topological polar surface area (TPSA) is 164 Å². The van der Waals surface area contributed by atoms with Gasteiger partial charge in [-0.15, -0.1) is 9.46 Å². The van der Waals surface area contributed by atoms with Crippen molar-refractivity contribution in [2.75, 3.05) is 17.2 Å². The van der Waals surface area contributed by atoms with E-state index in [1.165, 1.54) is 23.5 Å². The molecule has 8 aromatic rings. The SMILES string of the molecule is CCOC(=O)c1c(NCc2ccccc2)c2c(C)ncnc2n(OCc2ccccc2)c1=O.Cc1ncnc2c1c(NCc1ccccc1)cc(=O)n2OCc1ccccc1. The van der Waals surface area contributed by atoms with E-state index in [1.807, 2.05) is 128 Å². The molecule has 0 atom stereocenters. The first kappa shape index (κ1) is 41.3. The van der Waals surface area contributed by atoms with Crippen LogP contribution < -0.4 is 31.4 Å². The van der Waals surface area contributed by atoms with Crippen molar-refractivity contribution >= 4 is 39.4 Å². The van der Waals surface area contributed by atoms with Gasteiger partial charge in [0.25, 0.3) is 5.56 Å². The van der Waals surface area contributed by atoms with Crippen molar-refractivity contribution in [1.82, 2.24) is 29.4 Å². The van der Waals surface area contributed by atoms with Gasteiger partial charge in [0.15, 0.2) is 16.9 Å². The van der Waals surface area contributed by atoms with Gasteiger partial charge in [-0.1, -0.05) is 121 Å². The zero-order valence-corrected chi connectivity index (χ0v) is 33.9. The number of rotatable bonds is 14. The summed E-state index contributed by atoms with van der Waals surface area (Å²) in [5, 5.41) is 7.87. The molecule has 0 amide bonds. The molecule has 0 saturated heterocycles. The smallest absolute Gasteiger partial charge is 0.346 e. The van der Waals surface area contributed by atoms with Crippen molar-refractivity contribution in [2.24, 2.45) is 0 Å². The van der Waals surface area contributed by atoms with E-state index in [2.05, 4.69) is 30.6 Å². The quantitative estimate of drug-likeness (QED) is 0.110. The molecular weight excluding hydrogens is 773 g/mol. The summed E-state index contributed by atoms with van der Waals surface area (Å²) in [4.78, 5) is 68.0. The average Bonchev–Trinajstić information content (AvgIpc) is 3.28. The van der Waals surface area contributed by atoms with Crippen molar-refractivity contribution in [2.45, 2.75) is 47.1 Å². The maximum atomic E-state index is 13.5. The summed E-state index contributed by atoms with van der Waals surface area (Å²) in [6, 6.07) is 40.3. The first-order valence-electron chi connectivity index (χ1n) is 19.7. The minimum Gasteiger partial charge on any atom is -0.462 e. The second-order valence-corrected chi connectivity index (χ2v) is 13.8. The van der Waals surface area contributed by atoms with Gasteiger partial charge >= 0.3 is 11.5 Å². The Morgan fingerprint density at radius 1 is 0.590 bits per heavy atom. The summed E-state index contributed by atoms with van der Waals surface area (Å²) in [7, 11) is 0. The Morgan fingerprint density at radius 2 is 1.05 bits per heavy atom. The maximum absolute atomic E-state index is 13.5. The second kappa shape index (κ2) is 19.7. The molecule has 14 heteroatoms. The molecule has 4 aromatic heterocycles. The molecule has 4 heterocycles. The number of nitrogens with one attached hydrogen (secondary N) is 2. The molecule has 0 spiro atoms. The van der Waals surface area contributed by atoms with Gasteiger partial charge < -0.3 is 25.0 Å². The number of anilines is 2. The summed E-state index contributed by atoms with van der Waals surface area (Å²) in [6.45, 7) is 6.89. The van der Waals surface area contributed by atoms with E-state index in [0.29, 0.717) is 41.2 Å². The predicted molar refractivity (Wildman–Crippen MR) is 234 cm³/mol. The fraction of sp³-hybridized carbons (Fsp3) is 0.170. The number of ether oxygens (including phenoxy) is 1. The van der Waals surface area contributed by atoms with Crippen molar-refractivity contribution in [3.05, 3.63) is 200 Å². The summed E-state index contributed by atoms with van der Waals surface area (Å²) in [6.07, 6.45) is 2.81. The van der Waals surface area contributed by atoms with Crippen molar-refractivity contribution in [1.29, 1.82) is 0 Å². The number of pyridine rings is 2. The van der Waals surface area contributed by atoms with Crippen molar-refractivity contribution < 1.29 is 19.2 Å². The third-order valence-corrected chi connectivity index (χ3v) is 9.58. The number of esters is 1. The van der Waals surface area contributed by atoms with Crippen molar-refractivity contribution in [3.63, 3.8) is 0 Å². The normalized spacial score (nSPS) is 10.7. The lowest BCUT2D eigenvalue weighted by atomic mass is 10.1. The van der Waals surface area contributed by atoms with Gasteiger partial charge in [0.05, 0.1) is 40.1 Å². The summed E-state index contributed by atoms with van der Waals surface area (Å²) < 4.78 is 7.51. The Balaban J connectivity index is 0.000000186. The molecule has 14 nitrogen and oxygen atoms in total. The van der Waals surface area contributed by atoms with Crippen LogP contribution >= 0.6 is 0 Å². The van der Waals surface area contributed by atoms with Crippen LogP contribution in [0.25, 0.3) is 22.1 Å². The van der Waals surface area contributed by atoms with E-state index >= 15 is 0 Å².